The summed E-state index contributed by atoms with van der Waals surface area (Å²) in [5.74, 6) is 1.06. The second-order valence-electron chi connectivity index (χ2n) is 6.92. The fourth-order valence-electron chi connectivity index (χ4n) is 3.29. The number of hydrogen-bond donors (Lipinski definition) is 2. The Morgan fingerprint density at radius 1 is 1.28 bits per heavy atom. The molecule has 2 aromatic heterocycles. The van der Waals surface area contributed by atoms with Crippen molar-refractivity contribution in [1.29, 1.82) is 0 Å². The van der Waals surface area contributed by atoms with E-state index in [0.29, 0.717) is 36.6 Å². The molecule has 0 atom stereocenters. The van der Waals surface area contributed by atoms with Crippen LogP contribution in [0.25, 0.3) is 16.0 Å². The highest BCUT2D eigenvalue weighted by Gasteiger charge is 2.17. The normalized spacial score (nSPS) is 12.3. The van der Waals surface area contributed by atoms with Gasteiger partial charge in [-0.05, 0) is 42.9 Å². The third kappa shape index (κ3) is 3.90. The van der Waals surface area contributed by atoms with Crippen LogP contribution < -0.4 is 20.3 Å². The zero-order valence-electron chi connectivity index (χ0n) is 16.7. The number of nitrogens with one attached hydrogen (secondary N) is 2. The van der Waals surface area contributed by atoms with Crippen LogP contribution in [0.5, 0.6) is 11.5 Å². The molecule has 2 N–H and O–H groups in total. The molecule has 3 heterocycles. The average molecular weight is 485 g/mol. The Balaban J connectivity index is 1.38. The lowest BCUT2D eigenvalue weighted by atomic mass is 10.2. The molecule has 1 amide bonds. The lowest BCUT2D eigenvalue weighted by Crippen LogP contribution is -2.15. The van der Waals surface area contributed by atoms with Gasteiger partial charge in [-0.1, -0.05) is 41.3 Å². The number of aromatic nitrogens is 3. The predicted octanol–water partition coefficient (Wildman–Crippen LogP) is 4.27. The summed E-state index contributed by atoms with van der Waals surface area (Å²) in [6.07, 6.45) is 0. The summed E-state index contributed by atoms with van der Waals surface area (Å²) in [5, 5.41) is 3.15. The van der Waals surface area contributed by atoms with Crippen LogP contribution in [0.4, 0.5) is 5.69 Å². The van der Waals surface area contributed by atoms with Gasteiger partial charge in [-0.15, -0.1) is 0 Å². The van der Waals surface area contributed by atoms with Gasteiger partial charge in [-0.3, -0.25) is 14.2 Å². The number of fused-ring (bicyclic) bond motifs is 2. The van der Waals surface area contributed by atoms with Crippen molar-refractivity contribution in [3.05, 3.63) is 62.3 Å². The van der Waals surface area contributed by atoms with Gasteiger partial charge in [0.1, 0.15) is 4.70 Å². The number of aromatic amines is 1. The van der Waals surface area contributed by atoms with Gasteiger partial charge in [0.15, 0.2) is 26.3 Å². The van der Waals surface area contributed by atoms with Crippen LogP contribution >= 0.6 is 35.3 Å². The number of benzene rings is 2. The number of amides is 1. The summed E-state index contributed by atoms with van der Waals surface area (Å²) in [5.41, 5.74) is 2.69. The number of para-hydroxylation sites is 1. The third-order valence-electron chi connectivity index (χ3n) is 4.77. The van der Waals surface area contributed by atoms with Crippen molar-refractivity contribution in [3.8, 4) is 17.2 Å². The van der Waals surface area contributed by atoms with Gasteiger partial charge in [-0.2, -0.15) is 0 Å². The molecule has 32 heavy (non-hydrogen) atoms. The Hall–Kier alpha value is -3.15. The average Bonchev–Trinajstić information content (AvgIpc) is 3.36. The highest BCUT2D eigenvalue weighted by molar-refractivity contribution is 7.99. The van der Waals surface area contributed by atoms with Gasteiger partial charge in [0, 0.05) is 11.8 Å². The molecule has 0 unspecified atom stereocenters. The largest absolute Gasteiger partial charge is 0.454 e. The maximum atomic E-state index is 12.6. The number of anilines is 1. The Labute approximate surface area is 195 Å². The van der Waals surface area contributed by atoms with E-state index < -0.39 is 0 Å². The van der Waals surface area contributed by atoms with Crippen molar-refractivity contribution in [3.63, 3.8) is 0 Å². The zero-order valence-corrected chi connectivity index (χ0v) is 19.2. The van der Waals surface area contributed by atoms with E-state index in [-0.39, 0.29) is 24.0 Å². The number of hydrogen-bond acceptors (Lipinski definition) is 8. The maximum absolute atomic E-state index is 12.6. The second kappa shape index (κ2) is 8.41. The van der Waals surface area contributed by atoms with Crippen molar-refractivity contribution >= 4 is 57.3 Å². The van der Waals surface area contributed by atoms with Crippen molar-refractivity contribution < 1.29 is 14.3 Å². The molecule has 8 nitrogen and oxygen atoms in total. The van der Waals surface area contributed by atoms with Crippen LogP contribution in [0, 0.1) is 10.9 Å². The monoisotopic (exact) mass is 484 g/mol. The van der Waals surface area contributed by atoms with Gasteiger partial charge in [0.05, 0.1) is 11.4 Å². The van der Waals surface area contributed by atoms with Crippen LogP contribution in [0.3, 0.4) is 0 Å². The minimum absolute atomic E-state index is 0.0676. The zero-order chi connectivity index (χ0) is 22.2. The Kier molecular flexibility index (Phi) is 5.45. The highest BCUT2D eigenvalue weighted by Crippen LogP contribution is 2.34. The highest BCUT2D eigenvalue weighted by atomic mass is 32.2. The molecule has 5 rings (SSSR count). The first-order valence-electron chi connectivity index (χ1n) is 9.54. The summed E-state index contributed by atoms with van der Waals surface area (Å²) in [6, 6.07) is 13.0. The first-order chi connectivity index (χ1) is 15.5. The molecule has 4 aromatic rings. The van der Waals surface area contributed by atoms with Crippen molar-refractivity contribution in [2.75, 3.05) is 17.9 Å². The predicted molar refractivity (Wildman–Crippen MR) is 127 cm³/mol. The minimum Gasteiger partial charge on any atom is -0.454 e. The van der Waals surface area contributed by atoms with Gasteiger partial charge < -0.3 is 19.8 Å². The molecular weight excluding hydrogens is 468 g/mol. The smallest absolute Gasteiger partial charge is 0.271 e. The lowest BCUT2D eigenvalue weighted by molar-refractivity contribution is -0.113. The third-order valence-corrected chi connectivity index (χ3v) is 7.01. The molecule has 0 radical (unpaired) electrons. The van der Waals surface area contributed by atoms with Crippen LogP contribution in [-0.4, -0.2) is 33.0 Å². The number of carbonyl (C=O) groups excluding carboxylic acids is 1. The Morgan fingerprint density at radius 3 is 2.94 bits per heavy atom. The summed E-state index contributed by atoms with van der Waals surface area (Å²) < 4.78 is 13.4. The number of aryl methyl sites for hydroxylation is 1. The van der Waals surface area contributed by atoms with Crippen LogP contribution in [0.2, 0.25) is 0 Å². The molecule has 0 spiro atoms. The summed E-state index contributed by atoms with van der Waals surface area (Å²) in [6.45, 7) is 2.14. The maximum Gasteiger partial charge on any atom is 0.271 e. The quantitative estimate of drug-likeness (QED) is 0.248. The molecule has 0 aliphatic carbocycles. The van der Waals surface area contributed by atoms with E-state index in [9.17, 15) is 9.59 Å². The molecule has 11 heteroatoms. The van der Waals surface area contributed by atoms with E-state index in [4.69, 9.17) is 21.7 Å². The van der Waals surface area contributed by atoms with Crippen molar-refractivity contribution in [2.24, 2.45) is 0 Å². The number of ether oxygens (including phenoxy) is 2. The van der Waals surface area contributed by atoms with E-state index >= 15 is 0 Å². The standard InChI is InChI=1S/C21H16N4O4S3/c1-11-4-2-3-5-13(11)25-18-17(32-21(25)30)19(27)24-20(23-18)31-9-16(26)22-12-6-7-14-15(8-12)29-10-28-14/h2-8H,9-10H2,1H3,(H,22,26)(H,23,24,27). The van der Waals surface area contributed by atoms with Gasteiger partial charge in [0.2, 0.25) is 12.7 Å². The van der Waals surface area contributed by atoms with E-state index in [1.807, 2.05) is 31.2 Å². The number of H-pyrrole nitrogens is 1. The molecule has 0 bridgehead atoms. The molecule has 162 valence electrons. The molecular formula is C21H16N4O4S3. The topological polar surface area (TPSA) is 98.2 Å². The fourth-order valence-corrected chi connectivity index (χ4v) is 5.21. The van der Waals surface area contributed by atoms with E-state index in [1.54, 1.807) is 22.8 Å². The van der Waals surface area contributed by atoms with E-state index in [0.717, 1.165) is 23.0 Å². The molecule has 2 aromatic carbocycles. The Bertz CT molecular complexity index is 1470. The molecule has 0 saturated heterocycles. The summed E-state index contributed by atoms with van der Waals surface area (Å²) in [7, 11) is 0. The first kappa shape index (κ1) is 20.7. The molecule has 1 aliphatic rings. The van der Waals surface area contributed by atoms with Gasteiger partial charge >= 0.3 is 0 Å². The number of rotatable bonds is 5. The summed E-state index contributed by atoms with van der Waals surface area (Å²) >= 11 is 7.87. The molecule has 0 saturated carbocycles. The minimum atomic E-state index is -0.280. The van der Waals surface area contributed by atoms with Gasteiger partial charge in [-0.25, -0.2) is 4.98 Å². The van der Waals surface area contributed by atoms with Gasteiger partial charge in [0.25, 0.3) is 5.56 Å². The van der Waals surface area contributed by atoms with E-state index in [2.05, 4.69) is 15.3 Å². The van der Waals surface area contributed by atoms with Crippen LogP contribution in [0.15, 0.2) is 52.4 Å². The fraction of sp³-hybridized carbons (Fsp3) is 0.143. The van der Waals surface area contributed by atoms with E-state index in [1.165, 1.54) is 11.3 Å². The van der Waals surface area contributed by atoms with Crippen LogP contribution in [0.1, 0.15) is 5.56 Å². The molecule has 0 fully saturated rings. The summed E-state index contributed by atoms with van der Waals surface area (Å²) in [4.78, 5) is 32.4. The number of carbonyl (C=O) groups is 1. The second-order valence-corrected chi connectivity index (χ2v) is 9.53. The molecule has 1 aliphatic heterocycles. The lowest BCUT2D eigenvalue weighted by Gasteiger charge is -2.08. The van der Waals surface area contributed by atoms with Crippen LogP contribution in [-0.2, 0) is 4.79 Å². The van der Waals surface area contributed by atoms with Crippen molar-refractivity contribution in [2.45, 2.75) is 12.1 Å². The number of thiazole rings is 1. The first-order valence-corrected chi connectivity index (χ1v) is 11.7. The number of nitrogens with zero attached hydrogens (tertiary/aromatic N) is 2. The SMILES string of the molecule is Cc1ccccc1-n1c(=S)sc2c(=O)[nH]c(SCC(=O)Nc3ccc4c(c3)OCO4)nc21. The van der Waals surface area contributed by atoms with Crippen molar-refractivity contribution in [1.82, 2.24) is 14.5 Å². The Morgan fingerprint density at radius 2 is 2.09 bits per heavy atom. The number of thioether (sulfide) groups is 1.